The Balaban J connectivity index is 2.28. The van der Waals surface area contributed by atoms with E-state index in [4.69, 9.17) is 10.00 Å². The lowest BCUT2D eigenvalue weighted by molar-refractivity contribution is 0.209. The lowest BCUT2D eigenvalue weighted by Gasteiger charge is -2.15. The van der Waals surface area contributed by atoms with E-state index >= 15 is 0 Å². The molecule has 1 fully saturated rings. The Labute approximate surface area is 96.1 Å². The van der Waals surface area contributed by atoms with E-state index < -0.39 is 0 Å². The highest BCUT2D eigenvalue weighted by atomic mass is 16.5. The van der Waals surface area contributed by atoms with Crippen LogP contribution >= 0.6 is 0 Å². The van der Waals surface area contributed by atoms with E-state index in [1.807, 2.05) is 19.9 Å². The zero-order valence-electron chi connectivity index (χ0n) is 9.79. The van der Waals surface area contributed by atoms with Crippen molar-refractivity contribution in [2.45, 2.75) is 45.6 Å². The molecule has 16 heavy (non-hydrogen) atoms. The fraction of sp³-hybridized carbons (Fsp3) is 0.538. The first kappa shape index (κ1) is 10.9. The third-order valence-electron chi connectivity index (χ3n) is 3.00. The van der Waals surface area contributed by atoms with Crippen molar-refractivity contribution in [3.63, 3.8) is 0 Å². The van der Waals surface area contributed by atoms with E-state index in [1.165, 1.54) is 12.8 Å². The van der Waals surface area contributed by atoms with E-state index in [2.05, 4.69) is 11.1 Å². The Morgan fingerprint density at radius 3 is 2.69 bits per heavy atom. The van der Waals surface area contributed by atoms with Crippen LogP contribution in [0.25, 0.3) is 0 Å². The summed E-state index contributed by atoms with van der Waals surface area (Å²) in [5.74, 6) is 0.708. The zero-order chi connectivity index (χ0) is 11.5. The predicted molar refractivity (Wildman–Crippen MR) is 61.3 cm³/mol. The van der Waals surface area contributed by atoms with E-state index in [0.717, 1.165) is 24.2 Å². The monoisotopic (exact) mass is 216 g/mol. The van der Waals surface area contributed by atoms with Crippen LogP contribution in [0.4, 0.5) is 0 Å². The van der Waals surface area contributed by atoms with Crippen molar-refractivity contribution in [1.29, 1.82) is 5.26 Å². The summed E-state index contributed by atoms with van der Waals surface area (Å²) in [6.07, 6.45) is 4.95. The molecule has 1 aliphatic rings. The highest BCUT2D eigenvalue weighted by Gasteiger charge is 2.19. The van der Waals surface area contributed by atoms with Gasteiger partial charge in [-0.1, -0.05) is 0 Å². The molecule has 1 aliphatic carbocycles. The van der Waals surface area contributed by atoms with Crippen LogP contribution in [0.2, 0.25) is 0 Å². The molecular formula is C13H16N2O. The Morgan fingerprint density at radius 1 is 1.38 bits per heavy atom. The number of rotatable bonds is 2. The first-order valence-corrected chi connectivity index (χ1v) is 5.75. The minimum Gasteiger partial charge on any atom is -0.489 e. The van der Waals surface area contributed by atoms with Gasteiger partial charge in [0.15, 0.2) is 0 Å². The Bertz CT molecular complexity index is 428. The predicted octanol–water partition coefficient (Wildman–Crippen LogP) is 2.89. The molecule has 0 unspecified atom stereocenters. The maximum Gasteiger partial charge on any atom is 0.141 e. The van der Waals surface area contributed by atoms with E-state index in [0.29, 0.717) is 11.3 Å². The van der Waals surface area contributed by atoms with Crippen LogP contribution in [0.1, 0.15) is 42.6 Å². The number of nitriles is 1. The Kier molecular flexibility index (Phi) is 3.09. The van der Waals surface area contributed by atoms with Crippen LogP contribution in [-0.4, -0.2) is 11.1 Å². The number of aromatic nitrogens is 1. The van der Waals surface area contributed by atoms with Gasteiger partial charge in [-0.3, -0.25) is 4.98 Å². The third kappa shape index (κ3) is 2.16. The van der Waals surface area contributed by atoms with Crippen LogP contribution in [0, 0.1) is 25.2 Å². The number of ether oxygens (including phenoxy) is 1. The molecule has 0 atom stereocenters. The van der Waals surface area contributed by atoms with Gasteiger partial charge in [-0.05, 0) is 39.5 Å². The summed E-state index contributed by atoms with van der Waals surface area (Å²) in [5.41, 5.74) is 2.25. The van der Waals surface area contributed by atoms with Gasteiger partial charge in [-0.15, -0.1) is 0 Å². The molecule has 0 aliphatic heterocycles. The Hall–Kier alpha value is -1.56. The van der Waals surface area contributed by atoms with Crippen molar-refractivity contribution in [3.05, 3.63) is 23.0 Å². The van der Waals surface area contributed by atoms with Crippen LogP contribution in [0.15, 0.2) is 6.07 Å². The molecule has 2 rings (SSSR count). The van der Waals surface area contributed by atoms with Gasteiger partial charge in [-0.2, -0.15) is 5.26 Å². The molecule has 0 radical (unpaired) electrons. The SMILES string of the molecule is Cc1cc(OC2CCCC2)c(C#N)c(C)n1. The summed E-state index contributed by atoms with van der Waals surface area (Å²) in [6, 6.07) is 4.04. The summed E-state index contributed by atoms with van der Waals surface area (Å²) in [6.45, 7) is 3.78. The maximum atomic E-state index is 9.09. The average Bonchev–Trinajstić information content (AvgIpc) is 2.70. The molecule has 3 nitrogen and oxygen atoms in total. The van der Waals surface area contributed by atoms with Crippen molar-refractivity contribution in [2.24, 2.45) is 0 Å². The molecule has 0 amide bonds. The summed E-state index contributed by atoms with van der Waals surface area (Å²) in [4.78, 5) is 4.28. The summed E-state index contributed by atoms with van der Waals surface area (Å²) in [5, 5.41) is 9.09. The van der Waals surface area contributed by atoms with E-state index in [-0.39, 0.29) is 6.10 Å². The van der Waals surface area contributed by atoms with Crippen molar-refractivity contribution in [3.8, 4) is 11.8 Å². The maximum absolute atomic E-state index is 9.09. The third-order valence-corrected chi connectivity index (χ3v) is 3.00. The lowest BCUT2D eigenvalue weighted by atomic mass is 10.1. The number of aryl methyl sites for hydroxylation is 2. The summed E-state index contributed by atoms with van der Waals surface area (Å²) >= 11 is 0. The number of hydrogen-bond acceptors (Lipinski definition) is 3. The first-order valence-electron chi connectivity index (χ1n) is 5.75. The van der Waals surface area contributed by atoms with Crippen molar-refractivity contribution in [2.75, 3.05) is 0 Å². The van der Waals surface area contributed by atoms with Gasteiger partial charge in [0.2, 0.25) is 0 Å². The van der Waals surface area contributed by atoms with Gasteiger partial charge in [0.25, 0.3) is 0 Å². The van der Waals surface area contributed by atoms with Gasteiger partial charge in [-0.25, -0.2) is 0 Å². The highest BCUT2D eigenvalue weighted by Crippen LogP contribution is 2.27. The first-order chi connectivity index (χ1) is 7.70. The standard InChI is InChI=1S/C13H16N2O/c1-9-7-13(12(8-14)10(2)15-9)16-11-5-3-4-6-11/h7,11H,3-6H2,1-2H3. The van der Waals surface area contributed by atoms with Gasteiger partial charge >= 0.3 is 0 Å². The fourth-order valence-corrected chi connectivity index (χ4v) is 2.21. The molecule has 1 heterocycles. The molecule has 0 aromatic carbocycles. The number of nitrogens with zero attached hydrogens (tertiary/aromatic N) is 2. The molecule has 1 aromatic heterocycles. The second kappa shape index (κ2) is 4.52. The molecule has 3 heteroatoms. The minimum absolute atomic E-state index is 0.285. The number of pyridine rings is 1. The van der Waals surface area contributed by atoms with E-state index in [9.17, 15) is 0 Å². The second-order valence-electron chi connectivity index (χ2n) is 4.36. The molecule has 1 aromatic rings. The minimum atomic E-state index is 0.285. The van der Waals surface area contributed by atoms with Gasteiger partial charge in [0.05, 0.1) is 11.8 Å². The van der Waals surface area contributed by atoms with Gasteiger partial charge in [0, 0.05) is 11.8 Å². The quantitative estimate of drug-likeness (QED) is 0.763. The van der Waals surface area contributed by atoms with Crippen molar-refractivity contribution in [1.82, 2.24) is 4.98 Å². The molecular weight excluding hydrogens is 200 g/mol. The van der Waals surface area contributed by atoms with Crippen LogP contribution in [0.5, 0.6) is 5.75 Å². The van der Waals surface area contributed by atoms with Crippen LogP contribution < -0.4 is 4.74 Å². The molecule has 0 N–H and O–H groups in total. The number of hydrogen-bond donors (Lipinski definition) is 0. The molecule has 0 spiro atoms. The topological polar surface area (TPSA) is 45.9 Å². The van der Waals surface area contributed by atoms with Gasteiger partial charge < -0.3 is 4.74 Å². The molecule has 0 saturated heterocycles. The van der Waals surface area contributed by atoms with E-state index in [1.54, 1.807) is 0 Å². The van der Waals surface area contributed by atoms with Crippen molar-refractivity contribution < 1.29 is 4.74 Å². The second-order valence-corrected chi connectivity index (χ2v) is 4.36. The summed E-state index contributed by atoms with van der Waals surface area (Å²) < 4.78 is 5.90. The smallest absolute Gasteiger partial charge is 0.141 e. The average molecular weight is 216 g/mol. The van der Waals surface area contributed by atoms with Gasteiger partial charge in [0.1, 0.15) is 17.4 Å². The highest BCUT2D eigenvalue weighted by molar-refractivity contribution is 5.46. The molecule has 0 bridgehead atoms. The van der Waals surface area contributed by atoms with Crippen LogP contribution in [0.3, 0.4) is 0 Å². The normalized spacial score (nSPS) is 16.1. The summed E-state index contributed by atoms with van der Waals surface area (Å²) in [7, 11) is 0. The van der Waals surface area contributed by atoms with Crippen molar-refractivity contribution >= 4 is 0 Å². The molecule has 84 valence electrons. The fourth-order valence-electron chi connectivity index (χ4n) is 2.21. The van der Waals surface area contributed by atoms with Crippen LogP contribution in [-0.2, 0) is 0 Å². The largest absolute Gasteiger partial charge is 0.489 e. The molecule has 1 saturated carbocycles. The Morgan fingerprint density at radius 2 is 2.06 bits per heavy atom. The lowest BCUT2D eigenvalue weighted by Crippen LogP contribution is -2.12. The zero-order valence-corrected chi connectivity index (χ0v) is 9.79.